The number of halogens is 4. The summed E-state index contributed by atoms with van der Waals surface area (Å²) in [7, 11) is 0. The van der Waals surface area contributed by atoms with Gasteiger partial charge in [-0.3, -0.25) is 9.36 Å². The van der Waals surface area contributed by atoms with E-state index in [2.05, 4.69) is 4.98 Å². The molecule has 0 aliphatic heterocycles. The monoisotopic (exact) mass is 258 g/mol. The molecular formula is C7H6ClF3N2OS. The second-order valence-corrected chi connectivity index (χ2v) is 4.08. The fourth-order valence-corrected chi connectivity index (χ4v) is 1.49. The first-order valence-corrected chi connectivity index (χ1v) is 5.17. The van der Waals surface area contributed by atoms with Gasteiger partial charge in [-0.05, 0) is 11.8 Å². The molecule has 1 aromatic heterocycles. The highest BCUT2D eigenvalue weighted by molar-refractivity contribution is 8.00. The summed E-state index contributed by atoms with van der Waals surface area (Å²) in [6, 6.07) is 1.06. The van der Waals surface area contributed by atoms with Crippen LogP contribution in [-0.2, 0) is 6.54 Å². The molecule has 0 bridgehead atoms. The first-order valence-electron chi connectivity index (χ1n) is 3.81. The third kappa shape index (κ3) is 4.57. The van der Waals surface area contributed by atoms with Crippen LogP contribution in [0.25, 0.3) is 0 Å². The Balaban J connectivity index is 2.55. The van der Waals surface area contributed by atoms with Gasteiger partial charge < -0.3 is 0 Å². The Hall–Kier alpha value is -0.690. The van der Waals surface area contributed by atoms with E-state index in [9.17, 15) is 18.0 Å². The van der Waals surface area contributed by atoms with Crippen LogP contribution in [0.4, 0.5) is 13.2 Å². The molecule has 1 heterocycles. The second-order valence-electron chi connectivity index (χ2n) is 2.54. The van der Waals surface area contributed by atoms with Crippen molar-refractivity contribution < 1.29 is 13.2 Å². The summed E-state index contributed by atoms with van der Waals surface area (Å²) in [5.41, 5.74) is -4.73. The van der Waals surface area contributed by atoms with Crippen LogP contribution in [0.15, 0.2) is 17.2 Å². The van der Waals surface area contributed by atoms with Crippen molar-refractivity contribution in [1.29, 1.82) is 0 Å². The van der Waals surface area contributed by atoms with E-state index < -0.39 is 11.1 Å². The van der Waals surface area contributed by atoms with Gasteiger partial charge in [0.1, 0.15) is 5.15 Å². The number of nitrogens with zero attached hydrogens (tertiary/aromatic N) is 2. The maximum atomic E-state index is 11.8. The molecule has 1 aromatic rings. The highest BCUT2D eigenvalue weighted by atomic mass is 35.5. The Bertz CT molecular complexity index is 393. The Morgan fingerprint density at radius 1 is 1.53 bits per heavy atom. The predicted octanol–water partition coefficient (Wildman–Crippen LogP) is 2.15. The molecule has 0 fully saturated rings. The molecule has 0 aliphatic carbocycles. The molecule has 0 N–H and O–H groups in total. The van der Waals surface area contributed by atoms with E-state index in [1.54, 1.807) is 0 Å². The van der Waals surface area contributed by atoms with E-state index in [4.69, 9.17) is 11.6 Å². The summed E-state index contributed by atoms with van der Waals surface area (Å²) in [6.07, 6.45) is 1.13. The summed E-state index contributed by atoms with van der Waals surface area (Å²) < 4.78 is 36.4. The van der Waals surface area contributed by atoms with E-state index in [0.717, 1.165) is 17.0 Å². The van der Waals surface area contributed by atoms with Crippen LogP contribution in [0, 0.1) is 0 Å². The lowest BCUT2D eigenvalue weighted by Crippen LogP contribution is -2.21. The third-order valence-corrected chi connectivity index (χ3v) is 2.36. The van der Waals surface area contributed by atoms with Crippen LogP contribution in [0.5, 0.6) is 0 Å². The van der Waals surface area contributed by atoms with Gasteiger partial charge in [-0.1, -0.05) is 11.6 Å². The van der Waals surface area contributed by atoms with E-state index in [1.165, 1.54) is 0 Å². The molecule has 0 aromatic carbocycles. The Labute approximate surface area is 92.3 Å². The molecule has 0 saturated carbocycles. The first-order chi connectivity index (χ1) is 6.88. The zero-order valence-corrected chi connectivity index (χ0v) is 8.86. The normalized spacial score (nSPS) is 11.7. The summed E-state index contributed by atoms with van der Waals surface area (Å²) in [5.74, 6) is -0.229. The molecule has 0 unspecified atom stereocenters. The minimum atomic E-state index is -4.27. The van der Waals surface area contributed by atoms with E-state index >= 15 is 0 Å². The molecule has 0 aliphatic rings. The number of aromatic nitrogens is 2. The van der Waals surface area contributed by atoms with E-state index in [0.29, 0.717) is 0 Å². The van der Waals surface area contributed by atoms with Gasteiger partial charge in [-0.15, -0.1) is 0 Å². The second kappa shape index (κ2) is 4.89. The summed E-state index contributed by atoms with van der Waals surface area (Å²) in [5, 5.41) is 0.0275. The molecular weight excluding hydrogens is 253 g/mol. The quantitative estimate of drug-likeness (QED) is 0.779. The minimum absolute atomic E-state index is 0.0275. The van der Waals surface area contributed by atoms with Crippen LogP contribution < -0.4 is 5.56 Å². The molecule has 15 heavy (non-hydrogen) atoms. The number of alkyl halides is 3. The average Bonchev–Trinajstić information content (AvgIpc) is 2.07. The lowest BCUT2D eigenvalue weighted by Gasteiger charge is -2.06. The first kappa shape index (κ1) is 12.4. The number of hydrogen-bond acceptors (Lipinski definition) is 3. The third-order valence-electron chi connectivity index (χ3n) is 1.44. The highest BCUT2D eigenvalue weighted by Crippen LogP contribution is 2.29. The minimum Gasteiger partial charge on any atom is -0.298 e. The lowest BCUT2D eigenvalue weighted by molar-refractivity contribution is -0.0328. The molecule has 8 heteroatoms. The predicted molar refractivity (Wildman–Crippen MR) is 52.0 cm³/mol. The molecule has 3 nitrogen and oxygen atoms in total. The number of thioether (sulfide) groups is 1. The molecule has 0 spiro atoms. The zero-order chi connectivity index (χ0) is 11.5. The van der Waals surface area contributed by atoms with Crippen molar-refractivity contribution in [3.05, 3.63) is 27.9 Å². The van der Waals surface area contributed by atoms with Crippen molar-refractivity contribution in [2.75, 3.05) is 5.75 Å². The summed E-state index contributed by atoms with van der Waals surface area (Å²) in [6.45, 7) is -0.0484. The van der Waals surface area contributed by atoms with Crippen molar-refractivity contribution in [2.45, 2.75) is 12.1 Å². The largest absolute Gasteiger partial charge is 0.441 e. The SMILES string of the molecule is O=c1cc(Cl)ncn1CCSC(F)(F)F. The Morgan fingerprint density at radius 2 is 2.20 bits per heavy atom. The van der Waals surface area contributed by atoms with Gasteiger partial charge in [0, 0.05) is 18.4 Å². The standard InChI is InChI=1S/C7H6ClF3N2OS/c8-5-3-6(14)13(4-12-5)1-2-15-7(9,10)11/h3-4H,1-2H2. The maximum Gasteiger partial charge on any atom is 0.441 e. The zero-order valence-electron chi connectivity index (χ0n) is 7.29. The lowest BCUT2D eigenvalue weighted by atomic mass is 10.6. The van der Waals surface area contributed by atoms with Gasteiger partial charge in [-0.25, -0.2) is 4.98 Å². The van der Waals surface area contributed by atoms with Gasteiger partial charge in [0.25, 0.3) is 5.56 Å². The van der Waals surface area contributed by atoms with Crippen molar-refractivity contribution in [1.82, 2.24) is 9.55 Å². The molecule has 0 radical (unpaired) electrons. The number of rotatable bonds is 3. The van der Waals surface area contributed by atoms with Crippen LogP contribution in [0.1, 0.15) is 0 Å². The number of aryl methyl sites for hydroxylation is 1. The van der Waals surface area contributed by atoms with Gasteiger partial charge in [0.15, 0.2) is 0 Å². The van der Waals surface area contributed by atoms with Gasteiger partial charge in [0.05, 0.1) is 6.33 Å². The smallest absolute Gasteiger partial charge is 0.298 e. The average molecular weight is 259 g/mol. The molecule has 0 atom stereocenters. The highest BCUT2D eigenvalue weighted by Gasteiger charge is 2.27. The van der Waals surface area contributed by atoms with E-state index in [-0.39, 0.29) is 29.2 Å². The molecule has 0 amide bonds. The molecule has 84 valence electrons. The number of hydrogen-bond donors (Lipinski definition) is 0. The Kier molecular flexibility index (Phi) is 4.04. The molecule has 0 saturated heterocycles. The van der Waals surface area contributed by atoms with Gasteiger partial charge >= 0.3 is 5.51 Å². The van der Waals surface area contributed by atoms with Crippen molar-refractivity contribution in [3.8, 4) is 0 Å². The fraction of sp³-hybridized carbons (Fsp3) is 0.429. The van der Waals surface area contributed by atoms with Crippen LogP contribution >= 0.6 is 23.4 Å². The van der Waals surface area contributed by atoms with Crippen LogP contribution in [0.3, 0.4) is 0 Å². The van der Waals surface area contributed by atoms with Crippen LogP contribution in [-0.4, -0.2) is 20.8 Å². The van der Waals surface area contributed by atoms with Crippen molar-refractivity contribution in [3.63, 3.8) is 0 Å². The maximum absolute atomic E-state index is 11.8. The molecule has 1 rings (SSSR count). The topological polar surface area (TPSA) is 34.9 Å². The fourth-order valence-electron chi connectivity index (χ4n) is 0.831. The van der Waals surface area contributed by atoms with Crippen molar-refractivity contribution in [2.24, 2.45) is 0 Å². The summed E-state index contributed by atoms with van der Waals surface area (Å²) >= 11 is 5.23. The Morgan fingerprint density at radius 3 is 2.73 bits per heavy atom. The van der Waals surface area contributed by atoms with E-state index in [1.807, 2.05) is 0 Å². The van der Waals surface area contributed by atoms with Crippen molar-refractivity contribution >= 4 is 23.4 Å². The van der Waals surface area contributed by atoms with Crippen LogP contribution in [0.2, 0.25) is 5.15 Å². The van der Waals surface area contributed by atoms with Gasteiger partial charge in [-0.2, -0.15) is 13.2 Å². The summed E-state index contributed by atoms with van der Waals surface area (Å²) in [4.78, 5) is 14.7. The van der Waals surface area contributed by atoms with Gasteiger partial charge in [0.2, 0.25) is 0 Å².